The van der Waals surface area contributed by atoms with Gasteiger partial charge in [-0.25, -0.2) is 0 Å². The third-order valence-corrected chi connectivity index (χ3v) is 2.49. The molecule has 0 saturated heterocycles. The van der Waals surface area contributed by atoms with Crippen LogP contribution in [-0.2, 0) is 6.42 Å². The zero-order valence-electron chi connectivity index (χ0n) is 7.66. The summed E-state index contributed by atoms with van der Waals surface area (Å²) in [6.07, 6.45) is 0.959. The average Bonchev–Trinajstić information content (AvgIpc) is 2.26. The maximum atomic E-state index is 5.75. The van der Waals surface area contributed by atoms with E-state index >= 15 is 0 Å². The highest BCUT2D eigenvalue weighted by atomic mass is 16.5. The molecule has 2 aromatic rings. The molecule has 0 saturated carbocycles. The van der Waals surface area contributed by atoms with Crippen LogP contribution in [0.5, 0.6) is 11.5 Å². The first-order chi connectivity index (χ1) is 6.93. The van der Waals surface area contributed by atoms with E-state index in [1.165, 1.54) is 11.1 Å². The minimum absolute atomic E-state index is 0.936. The van der Waals surface area contributed by atoms with E-state index in [1.807, 2.05) is 30.3 Å². The lowest BCUT2D eigenvalue weighted by Crippen LogP contribution is -2.01. The summed E-state index contributed by atoms with van der Waals surface area (Å²) in [5.74, 6) is 1.91. The SMILES string of the molecule is [c]1ccc2c(c1)Oc1ccccc1C2. The van der Waals surface area contributed by atoms with Crippen LogP contribution in [0.3, 0.4) is 0 Å². The van der Waals surface area contributed by atoms with Gasteiger partial charge in [0.1, 0.15) is 11.5 Å². The van der Waals surface area contributed by atoms with Crippen LogP contribution in [0.4, 0.5) is 0 Å². The number of para-hydroxylation sites is 1. The molecule has 67 valence electrons. The molecule has 2 aromatic carbocycles. The second-order valence-corrected chi connectivity index (χ2v) is 3.42. The van der Waals surface area contributed by atoms with Crippen LogP contribution in [0.1, 0.15) is 11.1 Å². The van der Waals surface area contributed by atoms with Crippen LogP contribution in [0, 0.1) is 6.07 Å². The summed E-state index contributed by atoms with van der Waals surface area (Å²) >= 11 is 0. The van der Waals surface area contributed by atoms with Crippen molar-refractivity contribution in [2.45, 2.75) is 6.42 Å². The molecule has 3 rings (SSSR count). The van der Waals surface area contributed by atoms with Crippen molar-refractivity contribution in [2.24, 2.45) is 0 Å². The Morgan fingerprint density at radius 2 is 1.86 bits per heavy atom. The van der Waals surface area contributed by atoms with Gasteiger partial charge < -0.3 is 4.74 Å². The van der Waals surface area contributed by atoms with Crippen LogP contribution >= 0.6 is 0 Å². The summed E-state index contributed by atoms with van der Waals surface area (Å²) in [5, 5.41) is 0. The fourth-order valence-corrected chi connectivity index (χ4v) is 1.76. The molecule has 0 fully saturated rings. The second kappa shape index (κ2) is 2.88. The lowest BCUT2D eigenvalue weighted by Gasteiger charge is -2.19. The maximum Gasteiger partial charge on any atom is 0.131 e. The molecule has 1 heteroatoms. The standard InChI is InChI=1S/C13H9O/c1-3-7-12-10(5-1)9-11-6-2-4-8-13(11)14-12/h1-3,5-8H,9H2. The first-order valence-corrected chi connectivity index (χ1v) is 4.68. The zero-order chi connectivity index (χ0) is 9.38. The minimum Gasteiger partial charge on any atom is -0.457 e. The Labute approximate surface area is 83.0 Å². The van der Waals surface area contributed by atoms with Gasteiger partial charge in [0.15, 0.2) is 0 Å². The predicted molar refractivity (Wildman–Crippen MR) is 54.6 cm³/mol. The summed E-state index contributed by atoms with van der Waals surface area (Å²) in [4.78, 5) is 0. The Balaban J connectivity index is 2.12. The summed E-state index contributed by atoms with van der Waals surface area (Å²) in [6, 6.07) is 17.1. The Kier molecular flexibility index (Phi) is 1.57. The number of hydrogen-bond donors (Lipinski definition) is 0. The second-order valence-electron chi connectivity index (χ2n) is 3.42. The topological polar surface area (TPSA) is 9.23 Å². The van der Waals surface area contributed by atoms with E-state index in [4.69, 9.17) is 4.74 Å². The van der Waals surface area contributed by atoms with E-state index in [1.54, 1.807) is 0 Å². The number of fused-ring (bicyclic) bond motifs is 2. The molecule has 0 N–H and O–H groups in total. The van der Waals surface area contributed by atoms with Gasteiger partial charge in [0, 0.05) is 6.42 Å². The molecule has 1 nitrogen and oxygen atoms in total. The van der Waals surface area contributed by atoms with Crippen molar-refractivity contribution in [3.63, 3.8) is 0 Å². The Bertz CT molecular complexity index is 387. The first-order valence-electron chi connectivity index (χ1n) is 4.68. The van der Waals surface area contributed by atoms with Crippen LogP contribution in [-0.4, -0.2) is 0 Å². The molecular weight excluding hydrogens is 172 g/mol. The van der Waals surface area contributed by atoms with Gasteiger partial charge >= 0.3 is 0 Å². The van der Waals surface area contributed by atoms with Crippen LogP contribution in [0.15, 0.2) is 42.5 Å². The van der Waals surface area contributed by atoms with E-state index in [9.17, 15) is 0 Å². The third-order valence-electron chi connectivity index (χ3n) is 2.49. The fraction of sp³-hybridized carbons (Fsp3) is 0.0769. The van der Waals surface area contributed by atoms with Crippen LogP contribution in [0.25, 0.3) is 0 Å². The predicted octanol–water partition coefficient (Wildman–Crippen LogP) is 3.18. The van der Waals surface area contributed by atoms with Crippen molar-refractivity contribution in [1.29, 1.82) is 0 Å². The monoisotopic (exact) mass is 181 g/mol. The van der Waals surface area contributed by atoms with Crippen molar-refractivity contribution in [3.05, 3.63) is 59.7 Å². The molecule has 0 spiro atoms. The Morgan fingerprint density at radius 3 is 2.86 bits per heavy atom. The lowest BCUT2D eigenvalue weighted by atomic mass is 10.0. The van der Waals surface area contributed by atoms with E-state index in [0.29, 0.717) is 0 Å². The van der Waals surface area contributed by atoms with Gasteiger partial charge in [0.2, 0.25) is 0 Å². The van der Waals surface area contributed by atoms with Gasteiger partial charge in [-0.2, -0.15) is 0 Å². The van der Waals surface area contributed by atoms with Gasteiger partial charge in [0.05, 0.1) is 0 Å². The number of hydrogen-bond acceptors (Lipinski definition) is 1. The lowest BCUT2D eigenvalue weighted by molar-refractivity contribution is 0.460. The Morgan fingerprint density at radius 1 is 1.00 bits per heavy atom. The van der Waals surface area contributed by atoms with Crippen molar-refractivity contribution < 1.29 is 4.74 Å². The third kappa shape index (κ3) is 1.10. The highest BCUT2D eigenvalue weighted by Crippen LogP contribution is 2.35. The molecule has 0 aromatic heterocycles. The zero-order valence-corrected chi connectivity index (χ0v) is 7.66. The van der Waals surface area contributed by atoms with E-state index in [2.05, 4.69) is 18.2 Å². The van der Waals surface area contributed by atoms with Crippen LogP contribution in [0.2, 0.25) is 0 Å². The van der Waals surface area contributed by atoms with Crippen molar-refractivity contribution in [3.8, 4) is 11.5 Å². The maximum absolute atomic E-state index is 5.75. The smallest absolute Gasteiger partial charge is 0.131 e. The van der Waals surface area contributed by atoms with Crippen LogP contribution < -0.4 is 4.74 Å². The number of rotatable bonds is 0. The summed E-state index contributed by atoms with van der Waals surface area (Å²) in [5.41, 5.74) is 2.49. The molecule has 1 radical (unpaired) electrons. The largest absolute Gasteiger partial charge is 0.457 e. The molecule has 1 heterocycles. The number of ether oxygens (including phenoxy) is 1. The van der Waals surface area contributed by atoms with E-state index < -0.39 is 0 Å². The molecule has 0 amide bonds. The molecule has 0 aliphatic carbocycles. The summed E-state index contributed by atoms with van der Waals surface area (Å²) in [6.45, 7) is 0. The molecular formula is C13H9O. The highest BCUT2D eigenvalue weighted by Gasteiger charge is 2.14. The quantitative estimate of drug-likeness (QED) is 0.517. The van der Waals surface area contributed by atoms with Crippen molar-refractivity contribution in [1.82, 2.24) is 0 Å². The van der Waals surface area contributed by atoms with Crippen molar-refractivity contribution >= 4 is 0 Å². The number of benzene rings is 2. The van der Waals surface area contributed by atoms with Gasteiger partial charge in [-0.3, -0.25) is 0 Å². The normalized spacial score (nSPS) is 12.6. The van der Waals surface area contributed by atoms with Gasteiger partial charge in [-0.1, -0.05) is 30.3 Å². The molecule has 0 bridgehead atoms. The highest BCUT2D eigenvalue weighted by molar-refractivity contribution is 5.49. The average molecular weight is 181 g/mol. The molecule has 1 aliphatic rings. The van der Waals surface area contributed by atoms with Crippen molar-refractivity contribution in [2.75, 3.05) is 0 Å². The van der Waals surface area contributed by atoms with E-state index in [0.717, 1.165) is 17.9 Å². The summed E-state index contributed by atoms with van der Waals surface area (Å²) < 4.78 is 5.75. The molecule has 1 aliphatic heterocycles. The summed E-state index contributed by atoms with van der Waals surface area (Å²) in [7, 11) is 0. The van der Waals surface area contributed by atoms with E-state index in [-0.39, 0.29) is 0 Å². The first kappa shape index (κ1) is 7.63. The van der Waals surface area contributed by atoms with Gasteiger partial charge in [-0.05, 0) is 29.3 Å². The van der Waals surface area contributed by atoms with Gasteiger partial charge in [0.25, 0.3) is 0 Å². The van der Waals surface area contributed by atoms with Gasteiger partial charge in [-0.15, -0.1) is 0 Å². The Hall–Kier alpha value is -1.76. The molecule has 14 heavy (non-hydrogen) atoms. The fourth-order valence-electron chi connectivity index (χ4n) is 1.76. The minimum atomic E-state index is 0.936. The molecule has 0 unspecified atom stereocenters. The molecule has 0 atom stereocenters.